The molecule has 0 spiro atoms. The molecule has 2 nitrogen and oxygen atoms in total. The van der Waals surface area contributed by atoms with Crippen molar-refractivity contribution < 1.29 is 0 Å². The summed E-state index contributed by atoms with van der Waals surface area (Å²) in [6, 6.07) is 1.97. The first kappa shape index (κ1) is 8.51. The molecule has 0 aromatic rings. The molecule has 2 N–H and O–H groups in total. The van der Waals surface area contributed by atoms with Gasteiger partial charge in [0.1, 0.15) is 0 Å². The average molecular weight is 134 g/mol. The molecule has 0 unspecified atom stereocenters. The molecule has 0 aliphatic carbocycles. The van der Waals surface area contributed by atoms with Crippen molar-refractivity contribution in [3.63, 3.8) is 0 Å². The highest BCUT2D eigenvalue weighted by Crippen LogP contribution is 1.96. The third-order valence-electron chi connectivity index (χ3n) is 0.998. The molecule has 0 aromatic heterocycles. The molecular formula is C8H10N2. The molecule has 0 radical (unpaired) electrons. The Labute approximate surface area is 61.0 Å². The van der Waals surface area contributed by atoms with Crippen molar-refractivity contribution in [3.8, 4) is 6.07 Å². The summed E-state index contributed by atoms with van der Waals surface area (Å²) in [4.78, 5) is 0. The molecule has 0 atom stereocenters. The van der Waals surface area contributed by atoms with Gasteiger partial charge in [-0.2, -0.15) is 5.26 Å². The highest BCUT2D eigenvalue weighted by molar-refractivity contribution is 5.36. The van der Waals surface area contributed by atoms with Crippen molar-refractivity contribution in [2.45, 2.75) is 6.92 Å². The van der Waals surface area contributed by atoms with E-state index >= 15 is 0 Å². The van der Waals surface area contributed by atoms with Gasteiger partial charge in [0.25, 0.3) is 0 Å². The van der Waals surface area contributed by atoms with Crippen LogP contribution in [0.4, 0.5) is 0 Å². The van der Waals surface area contributed by atoms with E-state index in [1.165, 1.54) is 6.08 Å². The fourth-order valence-corrected chi connectivity index (χ4v) is 0.419. The Kier molecular flexibility index (Phi) is 3.74. The second kappa shape index (κ2) is 4.39. The van der Waals surface area contributed by atoms with E-state index in [0.29, 0.717) is 11.3 Å². The van der Waals surface area contributed by atoms with Crippen molar-refractivity contribution >= 4 is 0 Å². The van der Waals surface area contributed by atoms with Crippen molar-refractivity contribution in [2.24, 2.45) is 5.73 Å². The lowest BCUT2D eigenvalue weighted by atomic mass is 10.2. The molecular weight excluding hydrogens is 124 g/mol. The fourth-order valence-electron chi connectivity index (χ4n) is 0.419. The minimum atomic E-state index is 0.509. The van der Waals surface area contributed by atoms with Crippen LogP contribution in [0.2, 0.25) is 0 Å². The van der Waals surface area contributed by atoms with Crippen LogP contribution in [0.1, 0.15) is 6.92 Å². The van der Waals surface area contributed by atoms with Crippen LogP contribution in [0, 0.1) is 11.3 Å². The molecule has 10 heavy (non-hydrogen) atoms. The van der Waals surface area contributed by atoms with Crippen LogP contribution in [-0.4, -0.2) is 0 Å². The third-order valence-corrected chi connectivity index (χ3v) is 0.998. The van der Waals surface area contributed by atoms with E-state index in [1.807, 2.05) is 6.07 Å². The van der Waals surface area contributed by atoms with E-state index in [9.17, 15) is 0 Å². The Hall–Kier alpha value is -1.49. The van der Waals surface area contributed by atoms with Crippen LogP contribution in [0.3, 0.4) is 0 Å². The van der Waals surface area contributed by atoms with Gasteiger partial charge in [0, 0.05) is 11.3 Å². The van der Waals surface area contributed by atoms with E-state index in [0.717, 1.165) is 0 Å². The van der Waals surface area contributed by atoms with Gasteiger partial charge in [0.2, 0.25) is 0 Å². The Morgan fingerprint density at radius 3 is 2.60 bits per heavy atom. The molecule has 0 heterocycles. The van der Waals surface area contributed by atoms with Crippen molar-refractivity contribution in [1.82, 2.24) is 0 Å². The normalized spacial score (nSPS) is 12.4. The largest absolute Gasteiger partial charge is 0.399 e. The van der Waals surface area contributed by atoms with Crippen LogP contribution in [-0.2, 0) is 0 Å². The second-order valence-electron chi connectivity index (χ2n) is 1.70. The molecule has 52 valence electrons. The molecule has 0 aliphatic heterocycles. The SMILES string of the molecule is C=C/C(N)=C\C(C#N)=C/C. The summed E-state index contributed by atoms with van der Waals surface area (Å²) in [5, 5.41) is 8.42. The topological polar surface area (TPSA) is 49.8 Å². The predicted octanol–water partition coefficient (Wildman–Crippen LogP) is 1.48. The Morgan fingerprint density at radius 2 is 2.30 bits per heavy atom. The van der Waals surface area contributed by atoms with Gasteiger partial charge in [0.15, 0.2) is 0 Å². The monoisotopic (exact) mass is 134 g/mol. The third kappa shape index (κ3) is 2.73. The first-order chi connectivity index (χ1) is 4.74. The molecule has 0 amide bonds. The molecule has 0 aliphatic rings. The zero-order valence-corrected chi connectivity index (χ0v) is 5.96. The maximum Gasteiger partial charge on any atom is 0.0988 e. The minimum absolute atomic E-state index is 0.509. The van der Waals surface area contributed by atoms with Gasteiger partial charge in [0.05, 0.1) is 6.07 Å². The van der Waals surface area contributed by atoms with Gasteiger partial charge in [-0.25, -0.2) is 0 Å². The summed E-state index contributed by atoms with van der Waals surface area (Å²) in [5.41, 5.74) is 6.44. The summed E-state index contributed by atoms with van der Waals surface area (Å²) in [6.07, 6.45) is 4.77. The number of allylic oxidation sites excluding steroid dienone is 4. The zero-order valence-electron chi connectivity index (χ0n) is 5.96. The first-order valence-corrected chi connectivity index (χ1v) is 2.90. The highest BCUT2D eigenvalue weighted by Gasteiger charge is 1.86. The Bertz CT molecular complexity index is 216. The van der Waals surface area contributed by atoms with Gasteiger partial charge in [-0.3, -0.25) is 0 Å². The van der Waals surface area contributed by atoms with E-state index in [4.69, 9.17) is 11.0 Å². The van der Waals surface area contributed by atoms with Crippen LogP contribution < -0.4 is 5.73 Å². The first-order valence-electron chi connectivity index (χ1n) is 2.90. The van der Waals surface area contributed by atoms with Crippen molar-refractivity contribution in [2.75, 3.05) is 0 Å². The zero-order chi connectivity index (χ0) is 7.98. The fraction of sp³-hybridized carbons (Fsp3) is 0.125. The maximum atomic E-state index is 8.42. The molecule has 0 bridgehead atoms. The number of hydrogen-bond donors (Lipinski definition) is 1. The van der Waals surface area contributed by atoms with E-state index in [-0.39, 0.29) is 0 Å². The summed E-state index contributed by atoms with van der Waals surface area (Å²) in [5.74, 6) is 0. The lowest BCUT2D eigenvalue weighted by Gasteiger charge is -1.88. The molecule has 0 saturated carbocycles. The van der Waals surface area contributed by atoms with Crippen LogP contribution >= 0.6 is 0 Å². The van der Waals surface area contributed by atoms with Gasteiger partial charge in [-0.05, 0) is 19.1 Å². The molecule has 0 saturated heterocycles. The number of hydrogen-bond acceptors (Lipinski definition) is 2. The minimum Gasteiger partial charge on any atom is -0.399 e. The average Bonchev–Trinajstić information content (AvgIpc) is 1.99. The number of nitriles is 1. The Balaban J connectivity index is 4.41. The number of nitrogens with zero attached hydrogens (tertiary/aromatic N) is 1. The van der Waals surface area contributed by atoms with Crippen LogP contribution in [0.25, 0.3) is 0 Å². The van der Waals surface area contributed by atoms with Gasteiger partial charge in [-0.1, -0.05) is 12.7 Å². The Morgan fingerprint density at radius 1 is 1.70 bits per heavy atom. The lowest BCUT2D eigenvalue weighted by Crippen LogP contribution is -1.91. The van der Waals surface area contributed by atoms with Gasteiger partial charge < -0.3 is 5.73 Å². The summed E-state index contributed by atoms with van der Waals surface area (Å²) in [6.45, 7) is 5.24. The van der Waals surface area contributed by atoms with E-state index in [2.05, 4.69) is 6.58 Å². The smallest absolute Gasteiger partial charge is 0.0988 e. The highest BCUT2D eigenvalue weighted by atomic mass is 14.5. The summed E-state index contributed by atoms with van der Waals surface area (Å²) in [7, 11) is 0. The number of nitrogens with two attached hydrogens (primary N) is 1. The van der Waals surface area contributed by atoms with E-state index < -0.39 is 0 Å². The van der Waals surface area contributed by atoms with Gasteiger partial charge >= 0.3 is 0 Å². The van der Waals surface area contributed by atoms with Gasteiger partial charge in [-0.15, -0.1) is 0 Å². The summed E-state index contributed by atoms with van der Waals surface area (Å²) < 4.78 is 0. The second-order valence-corrected chi connectivity index (χ2v) is 1.70. The maximum absolute atomic E-state index is 8.42. The molecule has 0 rings (SSSR count). The molecule has 0 aromatic carbocycles. The number of rotatable bonds is 2. The van der Waals surface area contributed by atoms with Crippen LogP contribution in [0.5, 0.6) is 0 Å². The van der Waals surface area contributed by atoms with E-state index in [1.54, 1.807) is 19.1 Å². The lowest BCUT2D eigenvalue weighted by molar-refractivity contribution is 1.40. The van der Waals surface area contributed by atoms with Crippen molar-refractivity contribution in [1.29, 1.82) is 5.26 Å². The van der Waals surface area contributed by atoms with Crippen molar-refractivity contribution in [3.05, 3.63) is 36.1 Å². The molecule has 2 heteroatoms. The standard InChI is InChI=1S/C8H10N2/c1-3-7(6-9)5-8(10)4-2/h3-5H,2,10H2,1H3/b7-3+,8-5+. The molecule has 0 fully saturated rings. The van der Waals surface area contributed by atoms with Crippen LogP contribution in [0.15, 0.2) is 36.1 Å². The predicted molar refractivity (Wildman–Crippen MR) is 41.8 cm³/mol. The summed E-state index contributed by atoms with van der Waals surface area (Å²) >= 11 is 0. The quantitative estimate of drug-likeness (QED) is 0.459.